The van der Waals surface area contributed by atoms with E-state index in [1.807, 2.05) is 0 Å². The first-order chi connectivity index (χ1) is 4.88. The number of rotatable bonds is 3. The first-order valence-corrected chi connectivity index (χ1v) is 4.28. The standard InChI is InChI=1S/C7H14BrNO2/c1-5(4-10)9-6(11)7(2,3)8/h5,10H,4H2,1-3H3,(H,9,11). The van der Waals surface area contributed by atoms with Crippen LogP contribution in [0.1, 0.15) is 20.8 Å². The smallest absolute Gasteiger partial charge is 0.236 e. The van der Waals surface area contributed by atoms with Crippen LogP contribution in [-0.2, 0) is 4.79 Å². The molecule has 0 bridgehead atoms. The lowest BCUT2D eigenvalue weighted by atomic mass is 10.2. The van der Waals surface area contributed by atoms with Crippen molar-refractivity contribution in [2.45, 2.75) is 31.1 Å². The van der Waals surface area contributed by atoms with E-state index in [2.05, 4.69) is 21.2 Å². The molecule has 0 aliphatic carbocycles. The van der Waals surface area contributed by atoms with Crippen LogP contribution in [0.3, 0.4) is 0 Å². The van der Waals surface area contributed by atoms with Crippen molar-refractivity contribution in [2.24, 2.45) is 0 Å². The molecule has 1 unspecified atom stereocenters. The largest absolute Gasteiger partial charge is 0.394 e. The Kier molecular flexibility index (Phi) is 4.03. The Labute approximate surface area is 75.3 Å². The number of alkyl halides is 1. The molecule has 0 fully saturated rings. The zero-order valence-corrected chi connectivity index (χ0v) is 8.60. The Bertz CT molecular complexity index is 142. The van der Waals surface area contributed by atoms with Gasteiger partial charge in [-0.05, 0) is 20.8 Å². The molecule has 3 nitrogen and oxygen atoms in total. The second-order valence-electron chi connectivity index (χ2n) is 3.03. The molecule has 0 saturated carbocycles. The molecule has 0 radical (unpaired) electrons. The van der Waals surface area contributed by atoms with Gasteiger partial charge in [0.25, 0.3) is 0 Å². The average molecular weight is 224 g/mol. The highest BCUT2D eigenvalue weighted by Gasteiger charge is 2.24. The second kappa shape index (κ2) is 4.07. The number of amides is 1. The second-order valence-corrected chi connectivity index (χ2v) is 5.01. The van der Waals surface area contributed by atoms with Gasteiger partial charge in [-0.2, -0.15) is 0 Å². The minimum absolute atomic E-state index is 0.0329. The van der Waals surface area contributed by atoms with E-state index in [9.17, 15) is 4.79 Å². The first kappa shape index (κ1) is 10.9. The first-order valence-electron chi connectivity index (χ1n) is 3.48. The number of aliphatic hydroxyl groups excluding tert-OH is 1. The molecule has 0 saturated heterocycles. The predicted molar refractivity (Wildman–Crippen MR) is 47.7 cm³/mol. The van der Waals surface area contributed by atoms with Crippen molar-refractivity contribution in [3.63, 3.8) is 0 Å². The fourth-order valence-electron chi connectivity index (χ4n) is 0.441. The Balaban J connectivity index is 3.88. The summed E-state index contributed by atoms with van der Waals surface area (Å²) >= 11 is 3.21. The molecule has 0 spiro atoms. The summed E-state index contributed by atoms with van der Waals surface area (Å²) in [6, 6.07) is -0.181. The summed E-state index contributed by atoms with van der Waals surface area (Å²) in [5, 5.41) is 11.3. The van der Waals surface area contributed by atoms with Gasteiger partial charge in [-0.3, -0.25) is 4.79 Å². The van der Waals surface area contributed by atoms with E-state index in [1.54, 1.807) is 20.8 Å². The van der Waals surface area contributed by atoms with Crippen molar-refractivity contribution in [1.82, 2.24) is 5.32 Å². The lowest BCUT2D eigenvalue weighted by Gasteiger charge is -2.18. The molecule has 0 aromatic heterocycles. The van der Waals surface area contributed by atoms with Crippen molar-refractivity contribution in [2.75, 3.05) is 6.61 Å². The van der Waals surface area contributed by atoms with E-state index in [4.69, 9.17) is 5.11 Å². The van der Waals surface area contributed by atoms with Gasteiger partial charge in [0.2, 0.25) is 5.91 Å². The van der Waals surface area contributed by atoms with Crippen LogP contribution >= 0.6 is 15.9 Å². The number of aliphatic hydroxyl groups is 1. The maximum absolute atomic E-state index is 11.2. The molecule has 0 rings (SSSR count). The van der Waals surface area contributed by atoms with Crippen molar-refractivity contribution < 1.29 is 9.90 Å². The molecule has 0 aromatic rings. The summed E-state index contributed by atoms with van der Waals surface area (Å²) in [6.45, 7) is 5.23. The molecule has 0 aromatic carbocycles. The van der Waals surface area contributed by atoms with Crippen molar-refractivity contribution in [3.05, 3.63) is 0 Å². The molecule has 1 amide bonds. The minimum Gasteiger partial charge on any atom is -0.394 e. The summed E-state index contributed by atoms with van der Waals surface area (Å²) in [4.78, 5) is 11.2. The highest BCUT2D eigenvalue weighted by Crippen LogP contribution is 2.15. The van der Waals surface area contributed by atoms with Crippen LogP contribution in [0.25, 0.3) is 0 Å². The lowest BCUT2D eigenvalue weighted by molar-refractivity contribution is -0.123. The number of carbonyl (C=O) groups excluding carboxylic acids is 1. The number of hydrogen-bond donors (Lipinski definition) is 2. The summed E-state index contributed by atoms with van der Waals surface area (Å²) in [7, 11) is 0. The number of carbonyl (C=O) groups is 1. The van der Waals surface area contributed by atoms with Gasteiger partial charge >= 0.3 is 0 Å². The molecule has 1 atom stereocenters. The average Bonchev–Trinajstić information content (AvgIpc) is 1.85. The van der Waals surface area contributed by atoms with Crippen LogP contribution in [0.2, 0.25) is 0 Å². The van der Waals surface area contributed by atoms with Gasteiger partial charge in [-0.15, -0.1) is 0 Å². The van der Waals surface area contributed by atoms with Crippen LogP contribution in [0, 0.1) is 0 Å². The maximum Gasteiger partial charge on any atom is 0.236 e. The van der Waals surface area contributed by atoms with Gasteiger partial charge in [-0.1, -0.05) is 15.9 Å². The zero-order valence-electron chi connectivity index (χ0n) is 7.02. The van der Waals surface area contributed by atoms with Gasteiger partial charge in [0.1, 0.15) is 0 Å². The minimum atomic E-state index is -0.559. The summed E-state index contributed by atoms with van der Waals surface area (Å²) in [5.74, 6) is -0.112. The van der Waals surface area contributed by atoms with Gasteiger partial charge in [0.05, 0.1) is 10.9 Å². The fourth-order valence-corrected chi connectivity index (χ4v) is 0.556. The maximum atomic E-state index is 11.2. The van der Waals surface area contributed by atoms with Crippen LogP contribution in [0.4, 0.5) is 0 Å². The topological polar surface area (TPSA) is 49.3 Å². The summed E-state index contributed by atoms with van der Waals surface area (Å²) in [5.41, 5.74) is 0. The molecule has 2 N–H and O–H groups in total. The molecular formula is C7H14BrNO2. The number of halogens is 1. The number of hydrogen-bond acceptors (Lipinski definition) is 2. The van der Waals surface area contributed by atoms with Crippen LogP contribution in [0.15, 0.2) is 0 Å². The normalized spacial score (nSPS) is 14.3. The zero-order chi connectivity index (χ0) is 9.07. The highest BCUT2D eigenvalue weighted by atomic mass is 79.9. The van der Waals surface area contributed by atoms with E-state index in [0.29, 0.717) is 0 Å². The van der Waals surface area contributed by atoms with E-state index in [0.717, 1.165) is 0 Å². The highest BCUT2D eigenvalue weighted by molar-refractivity contribution is 9.10. The third-order valence-corrected chi connectivity index (χ3v) is 1.55. The Morgan fingerprint density at radius 2 is 2.18 bits per heavy atom. The van der Waals surface area contributed by atoms with Crippen molar-refractivity contribution >= 4 is 21.8 Å². The molecule has 4 heteroatoms. The van der Waals surface area contributed by atoms with Gasteiger partial charge in [-0.25, -0.2) is 0 Å². The van der Waals surface area contributed by atoms with Crippen molar-refractivity contribution in [3.8, 4) is 0 Å². The monoisotopic (exact) mass is 223 g/mol. The van der Waals surface area contributed by atoms with Crippen LogP contribution in [0.5, 0.6) is 0 Å². The van der Waals surface area contributed by atoms with E-state index in [-0.39, 0.29) is 18.6 Å². The molecular weight excluding hydrogens is 210 g/mol. The number of nitrogens with one attached hydrogen (secondary N) is 1. The summed E-state index contributed by atoms with van der Waals surface area (Å²) in [6.07, 6.45) is 0. The SMILES string of the molecule is CC(CO)NC(=O)C(C)(C)Br. The van der Waals surface area contributed by atoms with E-state index < -0.39 is 4.32 Å². The molecule has 0 aliphatic rings. The van der Waals surface area contributed by atoms with Gasteiger partial charge in [0.15, 0.2) is 0 Å². The lowest BCUT2D eigenvalue weighted by Crippen LogP contribution is -2.43. The fraction of sp³-hybridized carbons (Fsp3) is 0.857. The Morgan fingerprint density at radius 3 is 2.45 bits per heavy atom. The Morgan fingerprint density at radius 1 is 1.73 bits per heavy atom. The summed E-state index contributed by atoms with van der Waals surface area (Å²) < 4.78 is -0.559. The third kappa shape index (κ3) is 4.37. The van der Waals surface area contributed by atoms with Crippen LogP contribution < -0.4 is 5.32 Å². The third-order valence-electron chi connectivity index (χ3n) is 1.19. The van der Waals surface area contributed by atoms with Crippen molar-refractivity contribution in [1.29, 1.82) is 0 Å². The quantitative estimate of drug-likeness (QED) is 0.692. The van der Waals surface area contributed by atoms with E-state index >= 15 is 0 Å². The Hall–Kier alpha value is -0.0900. The predicted octanol–water partition coefficient (Wildman–Crippen LogP) is 0.657. The molecule has 0 aliphatic heterocycles. The van der Waals surface area contributed by atoms with E-state index in [1.165, 1.54) is 0 Å². The molecule has 0 heterocycles. The van der Waals surface area contributed by atoms with Gasteiger partial charge in [0, 0.05) is 6.04 Å². The molecule has 66 valence electrons. The van der Waals surface area contributed by atoms with Crippen LogP contribution in [-0.4, -0.2) is 28.0 Å². The molecule has 11 heavy (non-hydrogen) atoms. The van der Waals surface area contributed by atoms with Gasteiger partial charge < -0.3 is 10.4 Å².